The minimum atomic E-state index is -1.19. The van der Waals surface area contributed by atoms with Gasteiger partial charge in [0.15, 0.2) is 0 Å². The summed E-state index contributed by atoms with van der Waals surface area (Å²) in [6, 6.07) is 5.28. The summed E-state index contributed by atoms with van der Waals surface area (Å²) in [7, 11) is 0. The molecule has 0 bridgehead atoms. The molecule has 1 atom stereocenters. The van der Waals surface area contributed by atoms with Crippen LogP contribution in [0.3, 0.4) is 0 Å². The Kier molecular flexibility index (Phi) is 5.15. The number of aliphatic carboxylic acids is 1. The molecule has 0 saturated heterocycles. The number of aromatic nitrogens is 1. The molecule has 1 aromatic heterocycles. The van der Waals surface area contributed by atoms with Gasteiger partial charge in [0.1, 0.15) is 5.01 Å². The molecule has 0 fully saturated rings. The molecule has 0 aliphatic heterocycles. The number of carboxylic acids is 1. The van der Waals surface area contributed by atoms with Crippen molar-refractivity contribution in [3.05, 3.63) is 44.9 Å². The number of carbonyl (C=O) groups excluding carboxylic acids is 2. The Morgan fingerprint density at radius 3 is 2.82 bits per heavy atom. The Hall–Kier alpha value is -1.92. The zero-order chi connectivity index (χ0) is 16.3. The van der Waals surface area contributed by atoms with E-state index in [1.807, 2.05) is 13.0 Å². The summed E-state index contributed by atoms with van der Waals surface area (Å²) in [6.07, 6.45) is -0.252. The first-order valence-electron chi connectivity index (χ1n) is 6.58. The number of hydrogen-bond donors (Lipinski definition) is 1. The normalized spacial score (nSPS) is 12.0. The SMILES string of the molecule is Cc1ccc(NC(=O)[C@H](C)c2nc(CC(=O)[O-])cs2)cc1Cl. The van der Waals surface area contributed by atoms with Gasteiger partial charge in [0, 0.05) is 28.5 Å². The van der Waals surface area contributed by atoms with Gasteiger partial charge in [-0.2, -0.15) is 0 Å². The van der Waals surface area contributed by atoms with Crippen molar-refractivity contribution in [2.45, 2.75) is 26.2 Å². The molecule has 5 nitrogen and oxygen atoms in total. The molecule has 0 spiro atoms. The lowest BCUT2D eigenvalue weighted by Gasteiger charge is -2.11. The van der Waals surface area contributed by atoms with Crippen LogP contribution in [0.25, 0.3) is 0 Å². The van der Waals surface area contributed by atoms with Gasteiger partial charge in [0.2, 0.25) is 5.91 Å². The topological polar surface area (TPSA) is 82.1 Å². The Morgan fingerprint density at radius 1 is 1.45 bits per heavy atom. The lowest BCUT2D eigenvalue weighted by Crippen LogP contribution is -2.24. The number of aryl methyl sites for hydroxylation is 1. The number of nitrogens with zero attached hydrogens (tertiary/aromatic N) is 1. The summed E-state index contributed by atoms with van der Waals surface area (Å²) in [4.78, 5) is 26.9. The van der Waals surface area contributed by atoms with E-state index in [1.54, 1.807) is 24.4 Å². The molecule has 0 radical (unpaired) electrons. The molecule has 7 heteroatoms. The fraction of sp³-hybridized carbons (Fsp3) is 0.267. The highest BCUT2D eigenvalue weighted by Gasteiger charge is 2.19. The highest BCUT2D eigenvalue weighted by Crippen LogP contribution is 2.24. The molecule has 1 aromatic carbocycles. The quantitative estimate of drug-likeness (QED) is 0.906. The average molecular weight is 338 g/mol. The lowest BCUT2D eigenvalue weighted by molar-refractivity contribution is -0.304. The van der Waals surface area contributed by atoms with Crippen molar-refractivity contribution in [2.24, 2.45) is 0 Å². The molecule has 0 aliphatic carbocycles. The highest BCUT2D eigenvalue weighted by atomic mass is 35.5. The van der Waals surface area contributed by atoms with Crippen LogP contribution in [0.2, 0.25) is 5.02 Å². The van der Waals surface area contributed by atoms with Crippen molar-refractivity contribution in [3.63, 3.8) is 0 Å². The smallest absolute Gasteiger partial charge is 0.234 e. The van der Waals surface area contributed by atoms with Crippen LogP contribution in [0.1, 0.15) is 29.1 Å². The molecule has 2 rings (SSSR count). The standard InChI is InChI=1S/C15H15ClN2O3S/c1-8-3-4-10(5-12(8)16)17-14(21)9(2)15-18-11(7-22-15)6-13(19)20/h3-5,7,9H,6H2,1-2H3,(H,17,21)(H,19,20)/p-1/t9-/m0/s1. The summed E-state index contributed by atoms with van der Waals surface area (Å²) >= 11 is 7.28. The number of amides is 1. The number of benzene rings is 1. The largest absolute Gasteiger partial charge is 0.550 e. The van der Waals surface area contributed by atoms with Crippen LogP contribution in [-0.4, -0.2) is 16.9 Å². The van der Waals surface area contributed by atoms with Crippen molar-refractivity contribution in [1.29, 1.82) is 0 Å². The molecule has 0 saturated carbocycles. The third-order valence-electron chi connectivity index (χ3n) is 3.10. The van der Waals surface area contributed by atoms with Crippen LogP contribution in [-0.2, 0) is 16.0 Å². The Labute approximate surface area is 137 Å². The van der Waals surface area contributed by atoms with Crippen molar-refractivity contribution >= 4 is 40.5 Å². The molecular formula is C15H14ClN2O3S-. The molecule has 1 amide bonds. The molecule has 116 valence electrons. The second kappa shape index (κ2) is 6.89. The van der Waals surface area contributed by atoms with Gasteiger partial charge in [-0.15, -0.1) is 11.3 Å². The lowest BCUT2D eigenvalue weighted by atomic mass is 10.1. The van der Waals surface area contributed by atoms with E-state index in [2.05, 4.69) is 10.3 Å². The van der Waals surface area contributed by atoms with Gasteiger partial charge in [0.25, 0.3) is 0 Å². The summed E-state index contributed by atoms with van der Waals surface area (Å²) < 4.78 is 0. The van der Waals surface area contributed by atoms with Gasteiger partial charge in [-0.05, 0) is 31.5 Å². The molecule has 1 heterocycles. The predicted octanol–water partition coefficient (Wildman–Crippen LogP) is 2.14. The summed E-state index contributed by atoms with van der Waals surface area (Å²) in [5.74, 6) is -1.90. The van der Waals surface area contributed by atoms with E-state index in [9.17, 15) is 14.7 Å². The Bertz CT molecular complexity index is 715. The van der Waals surface area contributed by atoms with E-state index in [0.29, 0.717) is 21.4 Å². The Morgan fingerprint density at radius 2 is 2.18 bits per heavy atom. The number of anilines is 1. The van der Waals surface area contributed by atoms with Gasteiger partial charge in [0.05, 0.1) is 11.6 Å². The minimum absolute atomic E-state index is 0.228. The van der Waals surface area contributed by atoms with Crippen molar-refractivity contribution < 1.29 is 14.7 Å². The second-order valence-electron chi connectivity index (χ2n) is 4.90. The molecule has 22 heavy (non-hydrogen) atoms. The fourth-order valence-electron chi connectivity index (χ4n) is 1.78. The number of carboxylic acid groups (broad SMARTS) is 1. The third-order valence-corrected chi connectivity index (χ3v) is 4.58. The van der Waals surface area contributed by atoms with E-state index in [1.165, 1.54) is 11.3 Å². The zero-order valence-electron chi connectivity index (χ0n) is 12.1. The maximum atomic E-state index is 12.2. The molecule has 1 N–H and O–H groups in total. The third kappa shape index (κ3) is 4.05. The van der Waals surface area contributed by atoms with Crippen molar-refractivity contribution in [2.75, 3.05) is 5.32 Å². The van der Waals surface area contributed by atoms with Crippen molar-refractivity contribution in [1.82, 2.24) is 4.98 Å². The first-order chi connectivity index (χ1) is 10.4. The van der Waals surface area contributed by atoms with Gasteiger partial charge >= 0.3 is 0 Å². The Balaban J connectivity index is 2.06. The number of halogens is 1. The van der Waals surface area contributed by atoms with Crippen LogP contribution in [0.4, 0.5) is 5.69 Å². The number of thiazole rings is 1. The highest BCUT2D eigenvalue weighted by molar-refractivity contribution is 7.09. The predicted molar refractivity (Wildman–Crippen MR) is 84.1 cm³/mol. The van der Waals surface area contributed by atoms with Crippen LogP contribution in [0.5, 0.6) is 0 Å². The van der Waals surface area contributed by atoms with Gasteiger partial charge < -0.3 is 15.2 Å². The van der Waals surface area contributed by atoms with Crippen LogP contribution in [0.15, 0.2) is 23.6 Å². The van der Waals surface area contributed by atoms with E-state index < -0.39 is 11.9 Å². The zero-order valence-corrected chi connectivity index (χ0v) is 13.6. The van der Waals surface area contributed by atoms with E-state index in [-0.39, 0.29) is 12.3 Å². The number of nitrogens with one attached hydrogen (secondary N) is 1. The molecule has 2 aromatic rings. The van der Waals surface area contributed by atoms with E-state index in [0.717, 1.165) is 5.56 Å². The van der Waals surface area contributed by atoms with Crippen LogP contribution >= 0.6 is 22.9 Å². The number of carbonyl (C=O) groups is 2. The first-order valence-corrected chi connectivity index (χ1v) is 7.83. The first kappa shape index (κ1) is 16.5. The van der Waals surface area contributed by atoms with Crippen LogP contribution < -0.4 is 10.4 Å². The number of hydrogen-bond acceptors (Lipinski definition) is 5. The summed E-state index contributed by atoms with van der Waals surface area (Å²) in [5, 5.41) is 16.1. The second-order valence-corrected chi connectivity index (χ2v) is 6.20. The van der Waals surface area contributed by atoms with Gasteiger partial charge in [-0.3, -0.25) is 4.79 Å². The van der Waals surface area contributed by atoms with E-state index >= 15 is 0 Å². The van der Waals surface area contributed by atoms with Crippen LogP contribution in [0, 0.1) is 6.92 Å². The van der Waals surface area contributed by atoms with Gasteiger partial charge in [-0.1, -0.05) is 17.7 Å². The maximum Gasteiger partial charge on any atom is 0.234 e. The maximum absolute atomic E-state index is 12.2. The fourth-order valence-corrected chi connectivity index (χ4v) is 2.84. The molecular weight excluding hydrogens is 324 g/mol. The monoisotopic (exact) mass is 337 g/mol. The molecule has 0 aliphatic rings. The van der Waals surface area contributed by atoms with Crippen molar-refractivity contribution in [3.8, 4) is 0 Å². The summed E-state index contributed by atoms with van der Waals surface area (Å²) in [6.45, 7) is 3.59. The van der Waals surface area contributed by atoms with Gasteiger partial charge in [-0.25, -0.2) is 4.98 Å². The minimum Gasteiger partial charge on any atom is -0.550 e. The number of rotatable bonds is 5. The molecule has 0 unspecified atom stereocenters. The average Bonchev–Trinajstić information content (AvgIpc) is 2.89. The summed E-state index contributed by atoms with van der Waals surface area (Å²) in [5.41, 5.74) is 1.94. The van der Waals surface area contributed by atoms with E-state index in [4.69, 9.17) is 11.6 Å².